The third-order valence-corrected chi connectivity index (χ3v) is 4.85. The Bertz CT molecular complexity index is 659. The third kappa shape index (κ3) is 11.7. The number of esters is 2. The molecule has 0 aliphatic rings. The zero-order valence-corrected chi connectivity index (χ0v) is 18.6. The number of ether oxygens (including phenoxy) is 2. The summed E-state index contributed by atoms with van der Waals surface area (Å²) in [7, 11) is 1.35. The van der Waals surface area contributed by atoms with Crippen LogP contribution in [0.4, 0.5) is 0 Å². The largest absolute Gasteiger partial charge is 0.469 e. The van der Waals surface area contributed by atoms with Crippen molar-refractivity contribution in [1.29, 1.82) is 0 Å². The van der Waals surface area contributed by atoms with Crippen molar-refractivity contribution in [2.24, 2.45) is 0 Å². The van der Waals surface area contributed by atoms with Gasteiger partial charge in [-0.1, -0.05) is 57.6 Å². The van der Waals surface area contributed by atoms with Crippen molar-refractivity contribution in [3.8, 4) is 0 Å². The average molecular weight is 420 g/mol. The minimum atomic E-state index is -0.520. The van der Waals surface area contributed by atoms with Crippen LogP contribution in [0.25, 0.3) is 6.08 Å². The van der Waals surface area contributed by atoms with Crippen LogP contribution >= 0.6 is 0 Å². The fourth-order valence-corrected chi connectivity index (χ4v) is 3.18. The Morgan fingerprint density at radius 1 is 1.10 bits per heavy atom. The van der Waals surface area contributed by atoms with Crippen LogP contribution in [0, 0.1) is 0 Å². The van der Waals surface area contributed by atoms with Crippen molar-refractivity contribution in [3.05, 3.63) is 35.7 Å². The van der Waals surface area contributed by atoms with Gasteiger partial charge in [-0.05, 0) is 37.5 Å². The van der Waals surface area contributed by atoms with E-state index in [1.54, 1.807) is 18.2 Å². The second-order valence-corrected chi connectivity index (χ2v) is 7.54. The van der Waals surface area contributed by atoms with Gasteiger partial charge in [-0.3, -0.25) is 9.59 Å². The molecule has 6 heteroatoms. The van der Waals surface area contributed by atoms with E-state index in [4.69, 9.17) is 4.74 Å². The molecule has 0 saturated heterocycles. The van der Waals surface area contributed by atoms with Crippen LogP contribution in [0.2, 0.25) is 0 Å². The first-order chi connectivity index (χ1) is 14.5. The molecule has 1 aromatic rings. The molecule has 0 aliphatic heterocycles. The van der Waals surface area contributed by atoms with E-state index in [9.17, 15) is 14.7 Å². The molecule has 1 N–H and O–H groups in total. The highest BCUT2D eigenvalue weighted by Gasteiger charge is 2.17. The highest BCUT2D eigenvalue weighted by atomic mass is 16.5. The van der Waals surface area contributed by atoms with Crippen molar-refractivity contribution in [2.45, 2.75) is 90.3 Å². The van der Waals surface area contributed by atoms with E-state index >= 15 is 0 Å². The molecule has 0 spiro atoms. The zero-order chi connectivity index (χ0) is 22.2. The average Bonchev–Trinajstić information content (AvgIpc) is 2.73. The Morgan fingerprint density at radius 3 is 2.53 bits per heavy atom. The first-order valence-corrected chi connectivity index (χ1v) is 11.0. The summed E-state index contributed by atoms with van der Waals surface area (Å²) in [4.78, 5) is 27.3. The smallest absolute Gasteiger partial charge is 0.305 e. The minimum Gasteiger partial charge on any atom is -0.469 e. The van der Waals surface area contributed by atoms with Crippen molar-refractivity contribution in [1.82, 2.24) is 4.98 Å². The molecule has 0 radical (unpaired) electrons. The van der Waals surface area contributed by atoms with Crippen LogP contribution in [0.3, 0.4) is 0 Å². The lowest BCUT2D eigenvalue weighted by Crippen LogP contribution is -2.11. The number of carbonyl (C=O) groups excluding carboxylic acids is 2. The second-order valence-electron chi connectivity index (χ2n) is 7.54. The van der Waals surface area contributed by atoms with Crippen molar-refractivity contribution < 1.29 is 24.2 Å². The highest BCUT2D eigenvalue weighted by Crippen LogP contribution is 2.23. The Kier molecular flexibility index (Phi) is 13.4. The number of aliphatic hydroxyl groups is 1. The number of nitrogens with zero attached hydrogens (tertiary/aromatic N) is 1. The molecule has 30 heavy (non-hydrogen) atoms. The lowest BCUT2D eigenvalue weighted by molar-refractivity contribution is -0.147. The van der Waals surface area contributed by atoms with Gasteiger partial charge in [0, 0.05) is 13.3 Å². The summed E-state index contributed by atoms with van der Waals surface area (Å²) >= 11 is 0. The molecule has 6 nitrogen and oxygen atoms in total. The summed E-state index contributed by atoms with van der Waals surface area (Å²) < 4.78 is 10.0. The molecule has 168 valence electrons. The van der Waals surface area contributed by atoms with Gasteiger partial charge in [0.2, 0.25) is 0 Å². The Balaban J connectivity index is 2.60. The second kappa shape index (κ2) is 15.6. The normalized spacial score (nSPS) is 13.2. The Labute approximate surface area is 180 Å². The summed E-state index contributed by atoms with van der Waals surface area (Å²) in [6.45, 7) is 3.56. The van der Waals surface area contributed by atoms with Crippen LogP contribution in [-0.4, -0.2) is 35.2 Å². The standard InChI is InChI=1S/C24H37NO5/c1-4-5-6-7-8-9-13-21(27)18-17-20-12-10-14-22(25-20)23(30-19(2)26)15-11-16-24(28)29-3/h10,12,14,17-18,21,23,27H,4-9,11,13,15-16H2,1-3H3/b18-17+/t21-,23+/m1/s1. The number of methoxy groups -OCH3 is 1. The number of hydrogen-bond acceptors (Lipinski definition) is 6. The number of hydrogen-bond donors (Lipinski definition) is 1. The van der Waals surface area contributed by atoms with Crippen molar-refractivity contribution in [3.63, 3.8) is 0 Å². The predicted molar refractivity (Wildman–Crippen MR) is 118 cm³/mol. The van der Waals surface area contributed by atoms with Crippen molar-refractivity contribution in [2.75, 3.05) is 7.11 Å². The highest BCUT2D eigenvalue weighted by molar-refractivity contribution is 5.69. The number of aromatic nitrogens is 1. The molecule has 0 amide bonds. The monoisotopic (exact) mass is 419 g/mol. The molecular formula is C24H37NO5. The number of carbonyl (C=O) groups is 2. The van der Waals surface area contributed by atoms with Gasteiger partial charge in [0.05, 0.1) is 24.6 Å². The van der Waals surface area contributed by atoms with Crippen LogP contribution in [0.15, 0.2) is 24.3 Å². The Morgan fingerprint density at radius 2 is 1.83 bits per heavy atom. The van der Waals surface area contributed by atoms with Gasteiger partial charge >= 0.3 is 11.9 Å². The molecule has 0 bridgehead atoms. The summed E-state index contributed by atoms with van der Waals surface area (Å²) in [6.07, 6.45) is 11.7. The number of rotatable bonds is 15. The molecule has 1 heterocycles. The Hall–Kier alpha value is -2.21. The molecule has 0 fully saturated rings. The fraction of sp³-hybridized carbons (Fsp3) is 0.625. The molecule has 0 aromatic carbocycles. The minimum absolute atomic E-state index is 0.262. The molecule has 1 rings (SSSR count). The molecule has 2 atom stereocenters. The maximum atomic E-state index is 11.5. The number of pyridine rings is 1. The molecule has 1 aromatic heterocycles. The van der Waals surface area contributed by atoms with E-state index in [-0.39, 0.29) is 12.4 Å². The van der Waals surface area contributed by atoms with Crippen LogP contribution in [0.1, 0.15) is 95.5 Å². The van der Waals surface area contributed by atoms with E-state index in [1.165, 1.54) is 39.7 Å². The van der Waals surface area contributed by atoms with E-state index in [2.05, 4.69) is 16.6 Å². The van der Waals surface area contributed by atoms with E-state index in [0.717, 1.165) is 19.3 Å². The molecular weight excluding hydrogens is 382 g/mol. The van der Waals surface area contributed by atoms with Gasteiger partial charge in [0.1, 0.15) is 6.10 Å². The van der Waals surface area contributed by atoms with Crippen LogP contribution in [-0.2, 0) is 19.1 Å². The number of unbranched alkanes of at least 4 members (excludes halogenated alkanes) is 5. The van der Waals surface area contributed by atoms with Gasteiger partial charge < -0.3 is 14.6 Å². The van der Waals surface area contributed by atoms with Crippen LogP contribution in [0.5, 0.6) is 0 Å². The zero-order valence-electron chi connectivity index (χ0n) is 18.6. The number of aliphatic hydroxyl groups excluding tert-OH is 1. The summed E-state index contributed by atoms with van der Waals surface area (Å²) in [5.74, 6) is -0.684. The maximum absolute atomic E-state index is 11.5. The van der Waals surface area contributed by atoms with E-state index < -0.39 is 18.2 Å². The van der Waals surface area contributed by atoms with E-state index in [1.807, 2.05) is 12.1 Å². The quantitative estimate of drug-likeness (QED) is 0.312. The third-order valence-electron chi connectivity index (χ3n) is 4.85. The van der Waals surface area contributed by atoms with Gasteiger partial charge in [-0.15, -0.1) is 0 Å². The molecule has 0 aliphatic carbocycles. The molecule has 0 unspecified atom stereocenters. The van der Waals surface area contributed by atoms with Gasteiger partial charge in [-0.2, -0.15) is 0 Å². The summed E-state index contributed by atoms with van der Waals surface area (Å²) in [5, 5.41) is 10.2. The summed E-state index contributed by atoms with van der Waals surface area (Å²) in [6, 6.07) is 5.49. The van der Waals surface area contributed by atoms with Crippen molar-refractivity contribution >= 4 is 18.0 Å². The van der Waals surface area contributed by atoms with Gasteiger partial charge in [-0.25, -0.2) is 4.98 Å². The summed E-state index contributed by atoms with van der Waals surface area (Å²) in [5.41, 5.74) is 1.32. The fourth-order valence-electron chi connectivity index (χ4n) is 3.18. The molecule has 0 saturated carbocycles. The van der Waals surface area contributed by atoms with Gasteiger partial charge in [0.15, 0.2) is 0 Å². The lowest BCUT2D eigenvalue weighted by Gasteiger charge is -2.16. The predicted octanol–water partition coefficient (Wildman–Crippen LogP) is 5.15. The maximum Gasteiger partial charge on any atom is 0.305 e. The van der Waals surface area contributed by atoms with E-state index in [0.29, 0.717) is 24.2 Å². The lowest BCUT2D eigenvalue weighted by atomic mass is 10.1. The SMILES string of the molecule is CCCCCCCC[C@@H](O)/C=C/c1cccc([C@H](CCCC(=O)OC)OC(C)=O)n1. The first-order valence-electron chi connectivity index (χ1n) is 11.0. The van der Waals surface area contributed by atoms with Crippen LogP contribution < -0.4 is 0 Å². The first kappa shape index (κ1) is 25.8. The topological polar surface area (TPSA) is 85.7 Å². The van der Waals surface area contributed by atoms with Gasteiger partial charge in [0.25, 0.3) is 0 Å².